The molecule has 0 fully saturated rings. The number of hydrogen-bond acceptors (Lipinski definition) is 5. The summed E-state index contributed by atoms with van der Waals surface area (Å²) in [6.45, 7) is 0.0203. The average Bonchev–Trinajstić information content (AvgIpc) is 3.25. The van der Waals surface area contributed by atoms with Gasteiger partial charge in [-0.1, -0.05) is 42.5 Å². The normalized spacial score (nSPS) is 11.2. The van der Waals surface area contributed by atoms with Crippen molar-refractivity contribution >= 4 is 37.7 Å². The van der Waals surface area contributed by atoms with E-state index in [0.717, 1.165) is 10.1 Å². The summed E-state index contributed by atoms with van der Waals surface area (Å²) in [7, 11) is 0. The molecule has 2 aromatic carbocycles. The maximum atomic E-state index is 13.5. The Morgan fingerprint density at radius 3 is 2.47 bits per heavy atom. The highest BCUT2D eigenvalue weighted by molar-refractivity contribution is 7.25. The molecule has 1 amide bonds. The lowest BCUT2D eigenvalue weighted by atomic mass is 10.2. The molecular formula is C25H19FN4O3S. The maximum absolute atomic E-state index is 13.5. The van der Waals surface area contributed by atoms with Gasteiger partial charge in [0.2, 0.25) is 5.91 Å². The van der Waals surface area contributed by atoms with Gasteiger partial charge in [-0.15, -0.1) is 11.3 Å². The molecule has 0 radical (unpaired) electrons. The number of nitrogens with zero attached hydrogens (tertiary/aromatic N) is 3. The zero-order valence-electron chi connectivity index (χ0n) is 17.9. The first kappa shape index (κ1) is 21.7. The molecule has 9 heteroatoms. The highest BCUT2D eigenvalue weighted by Gasteiger charge is 2.20. The summed E-state index contributed by atoms with van der Waals surface area (Å²) in [6.07, 6.45) is 1.61. The molecule has 3 heterocycles. The largest absolute Gasteiger partial charge is 0.350 e. The number of aromatic nitrogens is 3. The molecule has 5 rings (SSSR count). The lowest BCUT2D eigenvalue weighted by molar-refractivity contribution is -0.121. The molecule has 0 aliphatic rings. The highest BCUT2D eigenvalue weighted by atomic mass is 32.1. The lowest BCUT2D eigenvalue weighted by Crippen LogP contribution is -2.42. The van der Waals surface area contributed by atoms with Gasteiger partial charge in [0, 0.05) is 18.1 Å². The van der Waals surface area contributed by atoms with Gasteiger partial charge in [-0.3, -0.25) is 18.7 Å². The summed E-state index contributed by atoms with van der Waals surface area (Å²) in [4.78, 5) is 44.5. The van der Waals surface area contributed by atoms with Gasteiger partial charge in [0.25, 0.3) is 5.56 Å². The number of pyridine rings is 1. The monoisotopic (exact) mass is 474 g/mol. The van der Waals surface area contributed by atoms with Crippen molar-refractivity contribution in [1.82, 2.24) is 19.4 Å². The molecule has 1 N–H and O–H groups in total. The van der Waals surface area contributed by atoms with Crippen molar-refractivity contribution in [2.45, 2.75) is 19.6 Å². The van der Waals surface area contributed by atoms with Crippen LogP contribution in [0.4, 0.5) is 4.39 Å². The molecule has 0 unspecified atom stereocenters. The Morgan fingerprint density at radius 2 is 1.71 bits per heavy atom. The first-order chi connectivity index (χ1) is 16.5. The maximum Gasteiger partial charge on any atom is 0.332 e. The number of hydrogen-bond donors (Lipinski definition) is 1. The van der Waals surface area contributed by atoms with Gasteiger partial charge < -0.3 is 5.32 Å². The number of fused-ring (bicyclic) bond motifs is 3. The molecule has 0 aliphatic heterocycles. The fraction of sp³-hybridized carbons (Fsp3) is 0.120. The molecule has 3 aromatic heterocycles. The Bertz CT molecular complexity index is 1620. The quantitative estimate of drug-likeness (QED) is 0.409. The van der Waals surface area contributed by atoms with Crippen molar-refractivity contribution in [3.63, 3.8) is 0 Å². The fourth-order valence-electron chi connectivity index (χ4n) is 3.84. The summed E-state index contributed by atoms with van der Waals surface area (Å²) in [5.41, 5.74) is 0.848. The zero-order chi connectivity index (χ0) is 23.7. The van der Waals surface area contributed by atoms with Crippen LogP contribution < -0.4 is 16.6 Å². The smallest absolute Gasteiger partial charge is 0.332 e. The predicted molar refractivity (Wildman–Crippen MR) is 129 cm³/mol. The molecule has 0 saturated carbocycles. The molecule has 0 aliphatic carbocycles. The minimum absolute atomic E-state index is 0.0405. The number of nitrogens with one attached hydrogen (secondary N) is 1. The molecule has 5 aromatic rings. The van der Waals surface area contributed by atoms with E-state index in [4.69, 9.17) is 0 Å². The summed E-state index contributed by atoms with van der Waals surface area (Å²) in [6, 6.07) is 18.5. The molecule has 7 nitrogen and oxygen atoms in total. The molecule has 0 atom stereocenters. The van der Waals surface area contributed by atoms with Crippen molar-refractivity contribution in [2.24, 2.45) is 0 Å². The van der Waals surface area contributed by atoms with Crippen LogP contribution in [0, 0.1) is 5.82 Å². The highest BCUT2D eigenvalue weighted by Crippen LogP contribution is 2.29. The van der Waals surface area contributed by atoms with Crippen LogP contribution in [0.3, 0.4) is 0 Å². The summed E-state index contributed by atoms with van der Waals surface area (Å²) >= 11 is 1.18. The van der Waals surface area contributed by atoms with Gasteiger partial charge in [0.05, 0.1) is 12.1 Å². The molecule has 0 spiro atoms. The third-order valence-corrected chi connectivity index (χ3v) is 6.59. The summed E-state index contributed by atoms with van der Waals surface area (Å²) in [5, 5.41) is 3.47. The van der Waals surface area contributed by atoms with E-state index in [0.29, 0.717) is 32.5 Å². The van der Waals surface area contributed by atoms with Crippen molar-refractivity contribution in [1.29, 1.82) is 0 Å². The second-order valence-electron chi connectivity index (χ2n) is 7.78. The van der Waals surface area contributed by atoms with Gasteiger partial charge in [0.15, 0.2) is 0 Å². The van der Waals surface area contributed by atoms with Gasteiger partial charge in [-0.25, -0.2) is 14.2 Å². The number of carbonyl (C=O) groups is 1. The van der Waals surface area contributed by atoms with Crippen molar-refractivity contribution in [3.8, 4) is 0 Å². The molecule has 34 heavy (non-hydrogen) atoms. The standard InChI is InChI=1S/C25H19FN4O3S/c26-18-10-8-17(9-11-18)14-30-24(32)22-21(19-7-4-12-27-23(19)34-22)29(25(30)33)15-20(31)28-13-16-5-2-1-3-6-16/h1-12H,13-15H2,(H,28,31). The van der Waals surface area contributed by atoms with E-state index in [1.807, 2.05) is 30.3 Å². The van der Waals surface area contributed by atoms with Crippen LogP contribution in [-0.2, 0) is 24.4 Å². The van der Waals surface area contributed by atoms with Gasteiger partial charge in [0.1, 0.15) is 21.9 Å². The van der Waals surface area contributed by atoms with Crippen LogP contribution in [0.15, 0.2) is 82.5 Å². The van der Waals surface area contributed by atoms with Gasteiger partial charge >= 0.3 is 5.69 Å². The number of thiophene rings is 1. The van der Waals surface area contributed by atoms with E-state index < -0.39 is 17.1 Å². The minimum Gasteiger partial charge on any atom is -0.350 e. The Kier molecular flexibility index (Phi) is 5.77. The second kappa shape index (κ2) is 9.03. The number of halogens is 1. The number of amides is 1. The van der Waals surface area contributed by atoms with Crippen LogP contribution in [0.5, 0.6) is 0 Å². The van der Waals surface area contributed by atoms with Crippen molar-refractivity contribution in [3.05, 3.63) is 111 Å². The van der Waals surface area contributed by atoms with Crippen molar-refractivity contribution < 1.29 is 9.18 Å². The third-order valence-electron chi connectivity index (χ3n) is 5.50. The first-order valence-electron chi connectivity index (χ1n) is 10.6. The lowest BCUT2D eigenvalue weighted by Gasteiger charge is -2.13. The molecule has 0 bridgehead atoms. The summed E-state index contributed by atoms with van der Waals surface area (Å²) in [5.74, 6) is -0.767. The Morgan fingerprint density at radius 1 is 0.941 bits per heavy atom. The van der Waals surface area contributed by atoms with E-state index in [1.54, 1.807) is 18.3 Å². The fourth-order valence-corrected chi connectivity index (χ4v) is 4.93. The minimum atomic E-state index is -0.611. The van der Waals surface area contributed by atoms with Crippen molar-refractivity contribution in [2.75, 3.05) is 0 Å². The second-order valence-corrected chi connectivity index (χ2v) is 8.78. The first-order valence-corrected chi connectivity index (χ1v) is 11.4. The Hall–Kier alpha value is -4.11. The van der Waals surface area contributed by atoms with Crippen LogP contribution in [-0.4, -0.2) is 20.0 Å². The van der Waals surface area contributed by atoms with Crippen LogP contribution in [0.25, 0.3) is 20.4 Å². The van der Waals surface area contributed by atoms with Gasteiger partial charge in [-0.2, -0.15) is 0 Å². The van der Waals surface area contributed by atoms with Crippen LogP contribution >= 0.6 is 11.3 Å². The Balaban J connectivity index is 1.59. The number of rotatable bonds is 6. The van der Waals surface area contributed by atoms with E-state index in [2.05, 4.69) is 10.3 Å². The predicted octanol–water partition coefficient (Wildman–Crippen LogP) is 3.28. The SMILES string of the molecule is O=C(Cn1c(=O)n(Cc2ccc(F)cc2)c(=O)c2sc3ncccc3c21)NCc1ccccc1. The van der Waals surface area contributed by atoms with E-state index in [-0.39, 0.29) is 19.0 Å². The van der Waals surface area contributed by atoms with E-state index >= 15 is 0 Å². The molecule has 170 valence electrons. The van der Waals surface area contributed by atoms with Crippen LogP contribution in [0.1, 0.15) is 11.1 Å². The summed E-state index contributed by atoms with van der Waals surface area (Å²) < 4.78 is 16.1. The topological polar surface area (TPSA) is 86.0 Å². The zero-order valence-corrected chi connectivity index (χ0v) is 18.7. The third kappa shape index (κ3) is 4.13. The van der Waals surface area contributed by atoms with Gasteiger partial charge in [-0.05, 0) is 35.4 Å². The van der Waals surface area contributed by atoms with E-state index in [1.165, 1.54) is 40.2 Å². The number of benzene rings is 2. The Labute approximate surface area is 196 Å². The molecule has 0 saturated heterocycles. The van der Waals surface area contributed by atoms with Crippen LogP contribution in [0.2, 0.25) is 0 Å². The number of carbonyl (C=O) groups excluding carboxylic acids is 1. The van der Waals surface area contributed by atoms with E-state index in [9.17, 15) is 18.8 Å². The average molecular weight is 475 g/mol. The molecular weight excluding hydrogens is 455 g/mol.